The first-order valence-electron chi connectivity index (χ1n) is 8.21. The molecule has 0 spiro atoms. The molecule has 0 saturated heterocycles. The summed E-state index contributed by atoms with van der Waals surface area (Å²) in [6.07, 6.45) is 2.48. The van der Waals surface area contributed by atoms with Crippen molar-refractivity contribution in [2.45, 2.75) is 13.3 Å². The van der Waals surface area contributed by atoms with E-state index in [0.717, 1.165) is 6.42 Å². The van der Waals surface area contributed by atoms with Crippen molar-refractivity contribution in [3.05, 3.63) is 64.3 Å². The zero-order valence-corrected chi connectivity index (χ0v) is 15.2. The van der Waals surface area contributed by atoms with Crippen LogP contribution in [0.1, 0.15) is 24.5 Å². The summed E-state index contributed by atoms with van der Waals surface area (Å²) in [6, 6.07) is 12.5. The van der Waals surface area contributed by atoms with E-state index < -0.39 is 5.97 Å². The fourth-order valence-electron chi connectivity index (χ4n) is 2.47. The van der Waals surface area contributed by atoms with Gasteiger partial charge in [-0.25, -0.2) is 9.79 Å². The van der Waals surface area contributed by atoms with Crippen LogP contribution in [0.3, 0.4) is 0 Å². The molecule has 3 rings (SSSR count). The van der Waals surface area contributed by atoms with Crippen LogP contribution in [-0.2, 0) is 9.53 Å². The number of ether oxygens (including phenoxy) is 3. The van der Waals surface area contributed by atoms with Gasteiger partial charge in [-0.15, -0.1) is 0 Å². The molecule has 0 bridgehead atoms. The zero-order chi connectivity index (χ0) is 18.5. The SMILES string of the molecule is CCCOc1c(/C=C2\N=C(c3ccccc3Cl)OC2=O)cccc1OC. The summed E-state index contributed by atoms with van der Waals surface area (Å²) in [7, 11) is 1.57. The lowest BCUT2D eigenvalue weighted by Crippen LogP contribution is -2.06. The number of hydrogen-bond acceptors (Lipinski definition) is 5. The Bertz CT molecular complexity index is 889. The zero-order valence-electron chi connectivity index (χ0n) is 14.5. The predicted molar refractivity (Wildman–Crippen MR) is 101 cm³/mol. The van der Waals surface area contributed by atoms with Gasteiger partial charge in [-0.3, -0.25) is 0 Å². The second kappa shape index (κ2) is 8.06. The number of aliphatic imine (C=N–C) groups is 1. The summed E-state index contributed by atoms with van der Waals surface area (Å²) < 4.78 is 16.4. The number of para-hydroxylation sites is 1. The largest absolute Gasteiger partial charge is 0.493 e. The van der Waals surface area contributed by atoms with Crippen molar-refractivity contribution in [3.63, 3.8) is 0 Å². The third-order valence-corrected chi connectivity index (χ3v) is 4.03. The fraction of sp³-hybridized carbons (Fsp3) is 0.200. The number of carbonyl (C=O) groups is 1. The summed E-state index contributed by atoms with van der Waals surface area (Å²) in [5.74, 6) is 0.808. The Morgan fingerprint density at radius 2 is 2.00 bits per heavy atom. The average molecular weight is 372 g/mol. The Morgan fingerprint density at radius 1 is 1.19 bits per heavy atom. The molecular formula is C20H18ClNO4. The molecule has 1 aliphatic rings. The molecule has 1 heterocycles. The third-order valence-electron chi connectivity index (χ3n) is 3.70. The molecule has 0 atom stereocenters. The van der Waals surface area contributed by atoms with Crippen molar-refractivity contribution < 1.29 is 19.0 Å². The molecule has 0 amide bonds. The van der Waals surface area contributed by atoms with Crippen molar-refractivity contribution in [1.82, 2.24) is 0 Å². The van der Waals surface area contributed by atoms with Gasteiger partial charge in [0.2, 0.25) is 5.90 Å². The first-order valence-corrected chi connectivity index (χ1v) is 8.59. The number of carbonyl (C=O) groups excluding carboxylic acids is 1. The van der Waals surface area contributed by atoms with Crippen LogP contribution in [0.15, 0.2) is 53.2 Å². The van der Waals surface area contributed by atoms with Crippen molar-refractivity contribution >= 4 is 29.5 Å². The molecule has 0 aromatic heterocycles. The van der Waals surface area contributed by atoms with E-state index in [1.165, 1.54) is 0 Å². The van der Waals surface area contributed by atoms with Crippen molar-refractivity contribution in [2.75, 3.05) is 13.7 Å². The second-order valence-corrected chi connectivity index (χ2v) is 5.95. The topological polar surface area (TPSA) is 57.1 Å². The maximum Gasteiger partial charge on any atom is 0.363 e. The van der Waals surface area contributed by atoms with E-state index in [1.807, 2.05) is 19.1 Å². The molecule has 0 unspecified atom stereocenters. The van der Waals surface area contributed by atoms with Gasteiger partial charge in [-0.2, -0.15) is 0 Å². The summed E-state index contributed by atoms with van der Waals surface area (Å²) >= 11 is 6.15. The van der Waals surface area contributed by atoms with Gasteiger partial charge in [0, 0.05) is 5.56 Å². The molecule has 6 heteroatoms. The van der Waals surface area contributed by atoms with Crippen LogP contribution in [0.25, 0.3) is 6.08 Å². The Balaban J connectivity index is 2.00. The third kappa shape index (κ3) is 3.73. The number of cyclic esters (lactones) is 1. The minimum absolute atomic E-state index is 0.175. The minimum atomic E-state index is -0.538. The summed E-state index contributed by atoms with van der Waals surface area (Å²) in [6.45, 7) is 2.55. The van der Waals surface area contributed by atoms with Crippen molar-refractivity contribution in [1.29, 1.82) is 0 Å². The van der Waals surface area contributed by atoms with Gasteiger partial charge in [0.25, 0.3) is 0 Å². The molecule has 2 aromatic carbocycles. The summed E-state index contributed by atoms with van der Waals surface area (Å²) in [4.78, 5) is 16.5. The first-order chi connectivity index (χ1) is 12.6. The van der Waals surface area contributed by atoms with E-state index >= 15 is 0 Å². The molecule has 26 heavy (non-hydrogen) atoms. The normalized spacial score (nSPS) is 15.0. The number of methoxy groups -OCH3 is 1. The van der Waals surface area contributed by atoms with E-state index in [0.29, 0.717) is 34.3 Å². The van der Waals surface area contributed by atoms with E-state index in [2.05, 4.69) is 4.99 Å². The highest BCUT2D eigenvalue weighted by Crippen LogP contribution is 2.34. The van der Waals surface area contributed by atoms with Crippen LogP contribution >= 0.6 is 11.6 Å². The van der Waals surface area contributed by atoms with Gasteiger partial charge >= 0.3 is 5.97 Å². The summed E-state index contributed by atoms with van der Waals surface area (Å²) in [5, 5.41) is 0.466. The van der Waals surface area contributed by atoms with Crippen molar-refractivity contribution in [3.8, 4) is 11.5 Å². The highest BCUT2D eigenvalue weighted by Gasteiger charge is 2.26. The molecular weight excluding hydrogens is 354 g/mol. The van der Waals surface area contributed by atoms with Gasteiger partial charge in [0.15, 0.2) is 17.2 Å². The highest BCUT2D eigenvalue weighted by molar-refractivity contribution is 6.34. The maximum absolute atomic E-state index is 12.2. The minimum Gasteiger partial charge on any atom is -0.493 e. The van der Waals surface area contributed by atoms with Crippen molar-refractivity contribution in [2.24, 2.45) is 4.99 Å². The smallest absolute Gasteiger partial charge is 0.363 e. The molecule has 0 aliphatic carbocycles. The Labute approximate surface area is 156 Å². The molecule has 0 saturated carbocycles. The van der Waals surface area contributed by atoms with E-state index in [1.54, 1.807) is 43.5 Å². The predicted octanol–water partition coefficient (Wildman–Crippen LogP) is 4.48. The van der Waals surface area contributed by atoms with Crippen LogP contribution in [0.5, 0.6) is 11.5 Å². The van der Waals surface area contributed by atoms with Gasteiger partial charge in [-0.05, 0) is 30.7 Å². The fourth-order valence-corrected chi connectivity index (χ4v) is 2.69. The molecule has 0 N–H and O–H groups in total. The monoisotopic (exact) mass is 371 g/mol. The number of halogens is 1. The number of esters is 1. The van der Waals surface area contributed by atoms with E-state index in [9.17, 15) is 4.79 Å². The molecule has 5 nitrogen and oxygen atoms in total. The van der Waals surface area contributed by atoms with Crippen LogP contribution in [0.4, 0.5) is 0 Å². The number of nitrogens with zero attached hydrogens (tertiary/aromatic N) is 1. The molecule has 134 valence electrons. The van der Waals surface area contributed by atoms with E-state index in [-0.39, 0.29) is 11.6 Å². The van der Waals surface area contributed by atoms with Crippen LogP contribution in [0, 0.1) is 0 Å². The van der Waals surface area contributed by atoms with Gasteiger partial charge in [0.05, 0.1) is 24.3 Å². The van der Waals surface area contributed by atoms with E-state index in [4.69, 9.17) is 25.8 Å². The quantitative estimate of drug-likeness (QED) is 0.555. The molecule has 0 fully saturated rings. The number of hydrogen-bond donors (Lipinski definition) is 0. The maximum atomic E-state index is 12.2. The lowest BCUT2D eigenvalue weighted by molar-refractivity contribution is -0.129. The Hall–Kier alpha value is -2.79. The highest BCUT2D eigenvalue weighted by atomic mass is 35.5. The van der Waals surface area contributed by atoms with Crippen LogP contribution in [0.2, 0.25) is 5.02 Å². The first kappa shape index (κ1) is 18.0. The van der Waals surface area contributed by atoms with Gasteiger partial charge in [0.1, 0.15) is 0 Å². The van der Waals surface area contributed by atoms with Gasteiger partial charge in [-0.1, -0.05) is 42.8 Å². The second-order valence-electron chi connectivity index (χ2n) is 5.54. The standard InChI is InChI=1S/C20H18ClNO4/c1-3-11-25-18-13(7-6-10-17(18)24-2)12-16-20(23)26-19(22-16)14-8-4-5-9-15(14)21/h4-10,12H,3,11H2,1-2H3/b16-12-. The summed E-state index contributed by atoms with van der Waals surface area (Å²) in [5.41, 5.74) is 1.43. The average Bonchev–Trinajstić information content (AvgIpc) is 3.01. The van der Waals surface area contributed by atoms with Crippen LogP contribution < -0.4 is 9.47 Å². The number of benzene rings is 2. The Kier molecular flexibility index (Phi) is 5.58. The Morgan fingerprint density at radius 3 is 2.73 bits per heavy atom. The molecule has 2 aromatic rings. The molecule has 0 radical (unpaired) electrons. The lowest BCUT2D eigenvalue weighted by atomic mass is 10.1. The number of rotatable bonds is 6. The van der Waals surface area contributed by atoms with Crippen LogP contribution in [-0.4, -0.2) is 25.6 Å². The molecule has 1 aliphatic heterocycles. The lowest BCUT2D eigenvalue weighted by Gasteiger charge is -2.12. The van der Waals surface area contributed by atoms with Gasteiger partial charge < -0.3 is 14.2 Å².